The maximum atomic E-state index is 12.9. The minimum atomic E-state index is -4.40. The third kappa shape index (κ3) is 4.00. The molecule has 3 nitrogen and oxygen atoms in total. The van der Waals surface area contributed by atoms with E-state index in [1.54, 1.807) is 6.07 Å². The second kappa shape index (κ2) is 6.73. The Bertz CT molecular complexity index is 688. The molecule has 0 radical (unpaired) electrons. The van der Waals surface area contributed by atoms with E-state index in [2.05, 4.69) is 0 Å². The van der Waals surface area contributed by atoms with Gasteiger partial charge in [-0.25, -0.2) is 0 Å². The number of nitrogen functional groups attached to an aromatic ring is 1. The summed E-state index contributed by atoms with van der Waals surface area (Å²) in [5, 5.41) is 0. The van der Waals surface area contributed by atoms with E-state index in [1.807, 2.05) is 35.2 Å². The second-order valence-electron chi connectivity index (χ2n) is 5.96. The highest BCUT2D eigenvalue weighted by atomic mass is 19.4. The van der Waals surface area contributed by atoms with E-state index in [4.69, 9.17) is 10.5 Å². The van der Waals surface area contributed by atoms with Gasteiger partial charge >= 0.3 is 6.18 Å². The standard InChI is InChI=1S/C18H19F3N2O/c19-18(20,21)14-8-15(22)10-16(9-14)23-7-6-17(11-23)24-12-13-4-2-1-3-5-13/h1-5,8-10,17H,6-7,11-12,22H2/t17-/m0/s1. The van der Waals surface area contributed by atoms with Crippen LogP contribution in [0.25, 0.3) is 0 Å². The molecule has 1 heterocycles. The molecule has 2 aromatic rings. The number of halogens is 3. The normalized spacial score (nSPS) is 18.1. The molecule has 1 saturated heterocycles. The highest BCUT2D eigenvalue weighted by Gasteiger charge is 2.32. The van der Waals surface area contributed by atoms with Gasteiger partial charge in [-0.05, 0) is 30.2 Å². The van der Waals surface area contributed by atoms with Crippen molar-refractivity contribution in [1.29, 1.82) is 0 Å². The Labute approximate surface area is 138 Å². The molecule has 24 heavy (non-hydrogen) atoms. The smallest absolute Gasteiger partial charge is 0.399 e. The summed E-state index contributed by atoms with van der Waals surface area (Å²) in [6.45, 7) is 1.72. The molecule has 0 unspecified atom stereocenters. The lowest BCUT2D eigenvalue weighted by Gasteiger charge is -2.21. The van der Waals surface area contributed by atoms with Crippen LogP contribution in [0.15, 0.2) is 48.5 Å². The predicted molar refractivity (Wildman–Crippen MR) is 87.7 cm³/mol. The number of alkyl halides is 3. The van der Waals surface area contributed by atoms with Crippen LogP contribution in [0.2, 0.25) is 0 Å². The van der Waals surface area contributed by atoms with Crippen molar-refractivity contribution in [1.82, 2.24) is 0 Å². The molecule has 6 heteroatoms. The van der Waals surface area contributed by atoms with E-state index >= 15 is 0 Å². The Morgan fingerprint density at radius 3 is 2.58 bits per heavy atom. The average Bonchev–Trinajstić information content (AvgIpc) is 3.01. The molecule has 0 aromatic heterocycles. The Hall–Kier alpha value is -2.21. The van der Waals surface area contributed by atoms with Gasteiger partial charge in [-0.15, -0.1) is 0 Å². The van der Waals surface area contributed by atoms with Gasteiger partial charge < -0.3 is 15.4 Å². The minimum Gasteiger partial charge on any atom is -0.399 e. The van der Waals surface area contributed by atoms with E-state index in [1.165, 1.54) is 0 Å². The monoisotopic (exact) mass is 336 g/mol. The van der Waals surface area contributed by atoms with Crippen molar-refractivity contribution in [2.24, 2.45) is 0 Å². The fraction of sp³-hybridized carbons (Fsp3) is 0.333. The first kappa shape index (κ1) is 16.6. The molecule has 0 aliphatic carbocycles. The molecule has 1 atom stereocenters. The summed E-state index contributed by atoms with van der Waals surface area (Å²) in [4.78, 5) is 1.89. The number of hydrogen-bond acceptors (Lipinski definition) is 3. The zero-order valence-electron chi connectivity index (χ0n) is 13.1. The molecule has 2 N–H and O–H groups in total. The van der Waals surface area contributed by atoms with Gasteiger partial charge in [-0.1, -0.05) is 30.3 Å². The molecule has 0 spiro atoms. The van der Waals surface area contributed by atoms with Gasteiger partial charge in [0.2, 0.25) is 0 Å². The van der Waals surface area contributed by atoms with Gasteiger partial charge in [0.1, 0.15) is 0 Å². The van der Waals surface area contributed by atoms with Gasteiger partial charge in [0.15, 0.2) is 0 Å². The molecule has 3 rings (SSSR count). The summed E-state index contributed by atoms with van der Waals surface area (Å²) in [5.41, 5.74) is 6.61. The van der Waals surface area contributed by atoms with Crippen LogP contribution in [0.1, 0.15) is 17.5 Å². The number of hydrogen-bond donors (Lipinski definition) is 1. The average molecular weight is 336 g/mol. The molecule has 128 valence electrons. The first-order valence-electron chi connectivity index (χ1n) is 7.80. The lowest BCUT2D eigenvalue weighted by atomic mass is 10.1. The van der Waals surface area contributed by atoms with E-state index < -0.39 is 11.7 Å². The van der Waals surface area contributed by atoms with Crippen LogP contribution in [0, 0.1) is 0 Å². The molecule has 0 amide bonds. The van der Waals surface area contributed by atoms with Crippen LogP contribution >= 0.6 is 0 Å². The largest absolute Gasteiger partial charge is 0.416 e. The summed E-state index contributed by atoms with van der Waals surface area (Å²) >= 11 is 0. The molecule has 2 aromatic carbocycles. The van der Waals surface area contributed by atoms with Crippen molar-refractivity contribution in [2.75, 3.05) is 23.7 Å². The van der Waals surface area contributed by atoms with Crippen LogP contribution in [-0.2, 0) is 17.5 Å². The zero-order chi connectivity index (χ0) is 17.2. The molecular weight excluding hydrogens is 317 g/mol. The maximum Gasteiger partial charge on any atom is 0.416 e. The van der Waals surface area contributed by atoms with Crippen molar-refractivity contribution < 1.29 is 17.9 Å². The third-order valence-electron chi connectivity index (χ3n) is 4.11. The number of ether oxygens (including phenoxy) is 1. The van der Waals surface area contributed by atoms with Crippen molar-refractivity contribution in [3.05, 3.63) is 59.7 Å². The Morgan fingerprint density at radius 1 is 1.12 bits per heavy atom. The maximum absolute atomic E-state index is 12.9. The SMILES string of the molecule is Nc1cc(N2CC[C@H](OCc3ccccc3)C2)cc(C(F)(F)F)c1. The summed E-state index contributed by atoms with van der Waals surface area (Å²) in [6, 6.07) is 13.5. The van der Waals surface area contributed by atoms with Crippen LogP contribution in [-0.4, -0.2) is 19.2 Å². The van der Waals surface area contributed by atoms with Crippen LogP contribution in [0.3, 0.4) is 0 Å². The van der Waals surface area contributed by atoms with Gasteiger partial charge in [0.25, 0.3) is 0 Å². The fourth-order valence-corrected chi connectivity index (χ4v) is 2.87. The van der Waals surface area contributed by atoms with Crippen LogP contribution in [0.4, 0.5) is 24.5 Å². The quantitative estimate of drug-likeness (QED) is 0.855. The fourth-order valence-electron chi connectivity index (χ4n) is 2.87. The Kier molecular flexibility index (Phi) is 4.66. The highest BCUT2D eigenvalue weighted by molar-refractivity contribution is 5.59. The highest BCUT2D eigenvalue weighted by Crippen LogP contribution is 2.34. The molecular formula is C18H19F3N2O. The van der Waals surface area contributed by atoms with E-state index in [0.29, 0.717) is 25.4 Å². The Morgan fingerprint density at radius 2 is 1.88 bits per heavy atom. The molecule has 1 fully saturated rings. The molecule has 0 saturated carbocycles. The van der Waals surface area contributed by atoms with E-state index in [9.17, 15) is 13.2 Å². The number of nitrogens with two attached hydrogens (primary N) is 1. The van der Waals surface area contributed by atoms with Gasteiger partial charge in [-0.2, -0.15) is 13.2 Å². The number of rotatable bonds is 4. The lowest BCUT2D eigenvalue weighted by molar-refractivity contribution is -0.137. The number of benzene rings is 2. The van der Waals surface area contributed by atoms with Gasteiger partial charge in [0.05, 0.1) is 18.3 Å². The summed E-state index contributed by atoms with van der Waals surface area (Å²) in [7, 11) is 0. The van der Waals surface area contributed by atoms with E-state index in [0.717, 1.165) is 24.1 Å². The summed E-state index contributed by atoms with van der Waals surface area (Å²) in [5.74, 6) is 0. The van der Waals surface area contributed by atoms with Crippen LogP contribution < -0.4 is 10.6 Å². The molecule has 1 aliphatic rings. The van der Waals surface area contributed by atoms with Crippen LogP contribution in [0.5, 0.6) is 0 Å². The summed E-state index contributed by atoms with van der Waals surface area (Å²) < 4.78 is 44.6. The first-order chi connectivity index (χ1) is 11.4. The predicted octanol–water partition coefficient (Wildman–Crippen LogP) is 4.08. The minimum absolute atomic E-state index is 0.000901. The number of nitrogens with zero attached hydrogens (tertiary/aromatic N) is 1. The van der Waals surface area contributed by atoms with Gasteiger partial charge in [0, 0.05) is 24.5 Å². The Balaban J connectivity index is 1.64. The zero-order valence-corrected chi connectivity index (χ0v) is 13.1. The third-order valence-corrected chi connectivity index (χ3v) is 4.11. The lowest BCUT2D eigenvalue weighted by Crippen LogP contribution is -2.23. The van der Waals surface area contributed by atoms with Crippen molar-refractivity contribution >= 4 is 11.4 Å². The van der Waals surface area contributed by atoms with Crippen molar-refractivity contribution in [3.8, 4) is 0 Å². The first-order valence-corrected chi connectivity index (χ1v) is 7.80. The van der Waals surface area contributed by atoms with Gasteiger partial charge in [-0.3, -0.25) is 0 Å². The number of anilines is 2. The second-order valence-corrected chi connectivity index (χ2v) is 5.96. The summed E-state index contributed by atoms with van der Waals surface area (Å²) in [6.07, 6.45) is -3.61. The molecule has 0 bridgehead atoms. The molecule has 1 aliphatic heterocycles. The van der Waals surface area contributed by atoms with Crippen molar-refractivity contribution in [2.45, 2.75) is 25.3 Å². The van der Waals surface area contributed by atoms with E-state index in [-0.39, 0.29) is 11.8 Å². The van der Waals surface area contributed by atoms with Crippen molar-refractivity contribution in [3.63, 3.8) is 0 Å². The topological polar surface area (TPSA) is 38.5 Å².